The number of benzene rings is 1. The van der Waals surface area contributed by atoms with Gasteiger partial charge in [0.2, 0.25) is 0 Å². The van der Waals surface area contributed by atoms with E-state index in [1.54, 1.807) is 13.0 Å². The average Bonchev–Trinajstić information content (AvgIpc) is 3.13. The van der Waals surface area contributed by atoms with Crippen LogP contribution in [-0.4, -0.2) is 34.4 Å². The van der Waals surface area contributed by atoms with Gasteiger partial charge in [-0.15, -0.1) is 0 Å². The number of anilines is 1. The van der Waals surface area contributed by atoms with Crippen molar-refractivity contribution in [3.63, 3.8) is 0 Å². The number of hydrogen-bond donors (Lipinski definition) is 2. The van der Waals surface area contributed by atoms with E-state index >= 15 is 0 Å². The predicted octanol–water partition coefficient (Wildman–Crippen LogP) is 1.44. The molecule has 2 aromatic heterocycles. The lowest BCUT2D eigenvalue weighted by molar-refractivity contribution is -0.885. The van der Waals surface area contributed by atoms with Gasteiger partial charge in [0.25, 0.3) is 5.91 Å². The Morgan fingerprint density at radius 3 is 2.62 bits per heavy atom. The number of carbonyl (C=O) groups excluding carboxylic acids is 1. The lowest BCUT2D eigenvalue weighted by Gasteiger charge is -2.13. The van der Waals surface area contributed by atoms with Crippen molar-refractivity contribution in [1.29, 1.82) is 0 Å². The maximum absolute atomic E-state index is 12.2. The van der Waals surface area contributed by atoms with Gasteiger partial charge < -0.3 is 14.7 Å². The molecule has 0 aliphatic carbocycles. The summed E-state index contributed by atoms with van der Waals surface area (Å²) < 4.78 is 6.91. The Balaban J connectivity index is 1.66. The van der Waals surface area contributed by atoms with Crippen molar-refractivity contribution in [1.82, 2.24) is 14.9 Å². The first-order valence-electron chi connectivity index (χ1n) is 8.59. The minimum absolute atomic E-state index is 0.0958. The molecular weight excluding hydrogens is 330 g/mol. The van der Waals surface area contributed by atoms with Crippen LogP contribution in [0, 0.1) is 20.8 Å². The third-order valence-corrected chi connectivity index (χ3v) is 4.28. The number of aromatic nitrogens is 3. The van der Waals surface area contributed by atoms with E-state index in [-0.39, 0.29) is 5.91 Å². The van der Waals surface area contributed by atoms with Crippen LogP contribution in [-0.2, 0) is 11.3 Å². The number of aryl methyl sites for hydroxylation is 2. The molecule has 0 spiro atoms. The molecule has 7 nitrogen and oxygen atoms in total. The van der Waals surface area contributed by atoms with Crippen molar-refractivity contribution in [3.05, 3.63) is 59.1 Å². The second-order valence-electron chi connectivity index (χ2n) is 6.58. The predicted molar refractivity (Wildman–Crippen MR) is 98.4 cm³/mol. The third kappa shape index (κ3) is 4.00. The lowest BCUT2D eigenvalue weighted by Crippen LogP contribution is -3.08. The van der Waals surface area contributed by atoms with Gasteiger partial charge >= 0.3 is 0 Å². The highest BCUT2D eigenvalue weighted by Crippen LogP contribution is 2.16. The molecule has 2 heterocycles. The number of rotatable bonds is 6. The van der Waals surface area contributed by atoms with E-state index in [0.29, 0.717) is 18.1 Å². The van der Waals surface area contributed by atoms with E-state index in [9.17, 15) is 4.79 Å². The average molecular weight is 354 g/mol. The number of hydrogen-bond acceptors (Lipinski definition) is 4. The maximum Gasteiger partial charge on any atom is 0.280 e. The van der Waals surface area contributed by atoms with Gasteiger partial charge in [-0.2, -0.15) is 5.10 Å². The van der Waals surface area contributed by atoms with E-state index in [0.717, 1.165) is 34.1 Å². The Morgan fingerprint density at radius 2 is 1.96 bits per heavy atom. The van der Waals surface area contributed by atoms with E-state index in [1.165, 1.54) is 0 Å². The van der Waals surface area contributed by atoms with Gasteiger partial charge in [0, 0.05) is 6.07 Å². The molecule has 0 aliphatic rings. The van der Waals surface area contributed by atoms with Crippen LogP contribution >= 0.6 is 0 Å². The Morgan fingerprint density at radius 1 is 1.23 bits per heavy atom. The smallest absolute Gasteiger partial charge is 0.280 e. The molecule has 2 N–H and O–H groups in total. The second kappa shape index (κ2) is 7.53. The van der Waals surface area contributed by atoms with Crippen LogP contribution in [0.1, 0.15) is 22.7 Å². The van der Waals surface area contributed by atoms with Gasteiger partial charge in [0.1, 0.15) is 12.3 Å². The molecule has 1 unspecified atom stereocenters. The number of likely N-dealkylation sites (N-methyl/N-ethyl adjacent to an activating group) is 1. The number of carbonyl (C=O) groups is 1. The SMILES string of the molecule is Cc1cc(NC(=O)C[NH+](C)Cc2c(C)nn(-c3ccccc3)c2C)no1. The Kier molecular flexibility index (Phi) is 5.18. The normalized spacial score (nSPS) is 12.2. The van der Waals surface area contributed by atoms with Crippen LogP contribution < -0.4 is 10.2 Å². The third-order valence-electron chi connectivity index (χ3n) is 4.28. The molecule has 0 radical (unpaired) electrons. The first-order valence-corrected chi connectivity index (χ1v) is 8.59. The number of quaternary nitrogens is 1. The number of nitrogens with one attached hydrogen (secondary N) is 2. The van der Waals surface area contributed by atoms with Crippen molar-refractivity contribution < 1.29 is 14.2 Å². The zero-order valence-corrected chi connectivity index (χ0v) is 15.5. The first-order chi connectivity index (χ1) is 12.4. The van der Waals surface area contributed by atoms with E-state index in [2.05, 4.69) is 22.5 Å². The van der Waals surface area contributed by atoms with Crippen LogP contribution in [0.5, 0.6) is 0 Å². The zero-order valence-electron chi connectivity index (χ0n) is 15.5. The fourth-order valence-electron chi connectivity index (χ4n) is 3.00. The Labute approximate surface area is 152 Å². The minimum Gasteiger partial charge on any atom is -0.360 e. The van der Waals surface area contributed by atoms with Gasteiger partial charge in [-0.25, -0.2) is 4.68 Å². The Bertz CT molecular complexity index is 898. The summed E-state index contributed by atoms with van der Waals surface area (Å²) >= 11 is 0. The van der Waals surface area contributed by atoms with Crippen molar-refractivity contribution in [2.45, 2.75) is 27.3 Å². The van der Waals surface area contributed by atoms with Crippen LogP contribution in [0.3, 0.4) is 0 Å². The standard InChI is InChI=1S/C19H23N5O2/c1-13-10-18(22-26-13)20-19(25)12-23(4)11-17-14(2)21-24(15(17)3)16-8-6-5-7-9-16/h5-10H,11-12H2,1-4H3,(H,20,22,25)/p+1. The molecule has 7 heteroatoms. The molecule has 3 rings (SSSR count). The first kappa shape index (κ1) is 17.9. The van der Waals surface area contributed by atoms with Crippen molar-refractivity contribution in [3.8, 4) is 5.69 Å². The molecule has 1 atom stereocenters. The lowest BCUT2D eigenvalue weighted by atomic mass is 10.2. The van der Waals surface area contributed by atoms with Crippen molar-refractivity contribution >= 4 is 11.7 Å². The maximum atomic E-state index is 12.2. The van der Waals surface area contributed by atoms with Crippen LogP contribution in [0.25, 0.3) is 5.69 Å². The van der Waals surface area contributed by atoms with Crippen LogP contribution in [0.15, 0.2) is 40.9 Å². The molecule has 136 valence electrons. The largest absolute Gasteiger partial charge is 0.360 e. The summed E-state index contributed by atoms with van der Waals surface area (Å²) in [5.41, 5.74) is 4.28. The summed E-state index contributed by atoms with van der Waals surface area (Å²) in [6, 6.07) is 11.8. The summed E-state index contributed by atoms with van der Waals surface area (Å²) in [5, 5.41) is 11.2. The monoisotopic (exact) mass is 354 g/mol. The van der Waals surface area contributed by atoms with Gasteiger partial charge in [-0.3, -0.25) is 4.79 Å². The molecule has 0 saturated carbocycles. The Hall–Kier alpha value is -2.93. The van der Waals surface area contributed by atoms with Crippen LogP contribution in [0.4, 0.5) is 5.82 Å². The van der Waals surface area contributed by atoms with Gasteiger partial charge in [-0.1, -0.05) is 23.4 Å². The topological polar surface area (TPSA) is 77.4 Å². The zero-order chi connectivity index (χ0) is 18.7. The number of nitrogens with zero attached hydrogens (tertiary/aromatic N) is 3. The summed E-state index contributed by atoms with van der Waals surface area (Å²) in [7, 11) is 1.99. The van der Waals surface area contributed by atoms with E-state index in [1.807, 2.05) is 49.0 Å². The summed E-state index contributed by atoms with van der Waals surface area (Å²) in [5.74, 6) is 1.02. The van der Waals surface area contributed by atoms with E-state index < -0.39 is 0 Å². The molecule has 1 aromatic carbocycles. The molecule has 0 aliphatic heterocycles. The number of amides is 1. The summed E-state index contributed by atoms with van der Waals surface area (Å²) in [6.45, 7) is 6.91. The van der Waals surface area contributed by atoms with Crippen molar-refractivity contribution in [2.24, 2.45) is 0 Å². The molecule has 1 amide bonds. The summed E-state index contributed by atoms with van der Waals surface area (Å²) in [6.07, 6.45) is 0. The highest BCUT2D eigenvalue weighted by atomic mass is 16.5. The van der Waals surface area contributed by atoms with Gasteiger partial charge in [-0.05, 0) is 32.9 Å². The van der Waals surface area contributed by atoms with Crippen LogP contribution in [0.2, 0.25) is 0 Å². The summed E-state index contributed by atoms with van der Waals surface area (Å²) in [4.78, 5) is 13.3. The fraction of sp³-hybridized carbons (Fsp3) is 0.316. The van der Waals surface area contributed by atoms with Crippen molar-refractivity contribution in [2.75, 3.05) is 18.9 Å². The quantitative estimate of drug-likeness (QED) is 0.702. The van der Waals surface area contributed by atoms with E-state index in [4.69, 9.17) is 4.52 Å². The molecular formula is C19H24N5O2+. The highest BCUT2D eigenvalue weighted by Gasteiger charge is 2.18. The molecule has 0 fully saturated rings. The second-order valence-corrected chi connectivity index (χ2v) is 6.58. The van der Waals surface area contributed by atoms with Gasteiger partial charge in [0.05, 0.1) is 29.7 Å². The van der Waals surface area contributed by atoms with Gasteiger partial charge in [0.15, 0.2) is 12.4 Å². The minimum atomic E-state index is -0.0958. The number of para-hydroxylation sites is 1. The molecule has 0 bridgehead atoms. The fourth-order valence-corrected chi connectivity index (χ4v) is 3.00. The highest BCUT2D eigenvalue weighted by molar-refractivity contribution is 5.90. The molecule has 0 saturated heterocycles. The molecule has 26 heavy (non-hydrogen) atoms. The molecule has 3 aromatic rings.